The number of nitrogens with zero attached hydrogens (tertiary/aromatic N) is 1. The number of likely N-dealkylation sites (tertiary alicyclic amines) is 1. The standard InChI is InChI=1S/C12H18N2O4/c1-6(2)13-9(12(17)18-3)5-14-10(15)7-4-8(7)11(14)16/h6-9,13H,4-5H2,1-3H3. The maximum absolute atomic E-state index is 11.8. The fourth-order valence-electron chi connectivity index (χ4n) is 2.35. The molecule has 1 aliphatic carbocycles. The number of ether oxygens (including phenoxy) is 1. The summed E-state index contributed by atoms with van der Waals surface area (Å²) >= 11 is 0. The highest BCUT2D eigenvalue weighted by Crippen LogP contribution is 2.46. The number of fused-ring (bicyclic) bond motifs is 1. The van der Waals surface area contributed by atoms with Crippen LogP contribution in [0.15, 0.2) is 0 Å². The Bertz CT molecular complexity index is 374. The van der Waals surface area contributed by atoms with Crippen molar-refractivity contribution < 1.29 is 19.1 Å². The molecular formula is C12H18N2O4. The van der Waals surface area contributed by atoms with Crippen molar-refractivity contribution in [3.05, 3.63) is 0 Å². The molecule has 6 nitrogen and oxygen atoms in total. The quantitative estimate of drug-likeness (QED) is 0.530. The van der Waals surface area contributed by atoms with E-state index in [0.717, 1.165) is 0 Å². The van der Waals surface area contributed by atoms with Gasteiger partial charge in [0.25, 0.3) is 0 Å². The van der Waals surface area contributed by atoms with Crippen molar-refractivity contribution in [2.45, 2.75) is 32.4 Å². The first-order valence-corrected chi connectivity index (χ1v) is 6.14. The van der Waals surface area contributed by atoms with Crippen LogP contribution in [0.4, 0.5) is 0 Å². The number of piperidine rings is 1. The van der Waals surface area contributed by atoms with E-state index in [4.69, 9.17) is 0 Å². The van der Waals surface area contributed by atoms with Crippen LogP contribution in [0, 0.1) is 11.8 Å². The van der Waals surface area contributed by atoms with E-state index in [1.807, 2.05) is 13.8 Å². The van der Waals surface area contributed by atoms with Crippen LogP contribution in [-0.2, 0) is 19.1 Å². The lowest BCUT2D eigenvalue weighted by Gasteiger charge is -2.24. The van der Waals surface area contributed by atoms with Gasteiger partial charge in [-0.2, -0.15) is 0 Å². The Balaban J connectivity index is 2.02. The number of imide groups is 1. The molecule has 0 spiro atoms. The molecule has 6 heteroatoms. The van der Waals surface area contributed by atoms with E-state index in [2.05, 4.69) is 10.1 Å². The predicted octanol–water partition coefficient (Wildman–Crippen LogP) is -0.469. The zero-order valence-corrected chi connectivity index (χ0v) is 10.8. The second kappa shape index (κ2) is 4.68. The molecule has 3 atom stereocenters. The van der Waals surface area contributed by atoms with Gasteiger partial charge in [-0.05, 0) is 6.42 Å². The normalized spacial score (nSPS) is 27.4. The molecule has 2 aliphatic rings. The van der Waals surface area contributed by atoms with Crippen LogP contribution < -0.4 is 5.32 Å². The maximum Gasteiger partial charge on any atom is 0.324 e. The van der Waals surface area contributed by atoms with Crippen LogP contribution in [0.1, 0.15) is 20.3 Å². The lowest BCUT2D eigenvalue weighted by molar-refractivity contribution is -0.147. The lowest BCUT2D eigenvalue weighted by Crippen LogP contribution is -2.51. The molecule has 1 saturated heterocycles. The van der Waals surface area contributed by atoms with Gasteiger partial charge in [-0.3, -0.25) is 19.3 Å². The number of amides is 2. The summed E-state index contributed by atoms with van der Waals surface area (Å²) in [4.78, 5) is 36.4. The van der Waals surface area contributed by atoms with E-state index < -0.39 is 12.0 Å². The minimum atomic E-state index is -0.652. The smallest absolute Gasteiger partial charge is 0.324 e. The van der Waals surface area contributed by atoms with Crippen molar-refractivity contribution in [2.24, 2.45) is 11.8 Å². The SMILES string of the molecule is COC(=O)C(CN1C(=O)C2CC2C1=O)NC(C)C. The first kappa shape index (κ1) is 13.0. The summed E-state index contributed by atoms with van der Waals surface area (Å²) in [6.07, 6.45) is 0.675. The van der Waals surface area contributed by atoms with Gasteiger partial charge in [0.15, 0.2) is 0 Å². The minimum absolute atomic E-state index is 0.0650. The zero-order valence-electron chi connectivity index (χ0n) is 10.8. The highest BCUT2D eigenvalue weighted by atomic mass is 16.5. The number of esters is 1. The third-order valence-electron chi connectivity index (χ3n) is 3.34. The lowest BCUT2D eigenvalue weighted by atomic mass is 10.2. The third-order valence-corrected chi connectivity index (χ3v) is 3.34. The predicted molar refractivity (Wildman–Crippen MR) is 62.4 cm³/mol. The molecular weight excluding hydrogens is 236 g/mol. The summed E-state index contributed by atoms with van der Waals surface area (Å²) in [5, 5.41) is 3.01. The number of carbonyl (C=O) groups is 3. The number of hydrogen-bond donors (Lipinski definition) is 1. The van der Waals surface area contributed by atoms with Crippen LogP contribution in [-0.4, -0.2) is 48.4 Å². The van der Waals surface area contributed by atoms with Crippen molar-refractivity contribution in [3.63, 3.8) is 0 Å². The summed E-state index contributed by atoms with van der Waals surface area (Å²) < 4.78 is 4.68. The maximum atomic E-state index is 11.8. The number of hydrogen-bond acceptors (Lipinski definition) is 5. The Hall–Kier alpha value is -1.43. The molecule has 0 radical (unpaired) electrons. The average Bonchev–Trinajstić information content (AvgIpc) is 3.07. The average molecular weight is 254 g/mol. The molecule has 100 valence electrons. The van der Waals surface area contributed by atoms with Crippen LogP contribution >= 0.6 is 0 Å². The third kappa shape index (κ3) is 2.25. The number of nitrogens with one attached hydrogen (secondary N) is 1. The molecule has 2 rings (SSSR count). The van der Waals surface area contributed by atoms with Gasteiger partial charge in [0.2, 0.25) is 11.8 Å². The van der Waals surface area contributed by atoms with Crippen LogP contribution in [0.3, 0.4) is 0 Å². The fourth-order valence-corrected chi connectivity index (χ4v) is 2.35. The van der Waals surface area contributed by atoms with E-state index in [-0.39, 0.29) is 36.2 Å². The first-order valence-electron chi connectivity index (χ1n) is 6.14. The number of rotatable bonds is 5. The molecule has 0 bridgehead atoms. The summed E-state index contributed by atoms with van der Waals surface area (Å²) in [5.41, 5.74) is 0. The van der Waals surface area contributed by atoms with Crippen molar-refractivity contribution >= 4 is 17.8 Å². The summed E-state index contributed by atoms with van der Waals surface area (Å²) in [5.74, 6) is -1.01. The summed E-state index contributed by atoms with van der Waals surface area (Å²) in [6, 6.07) is -0.586. The first-order chi connectivity index (χ1) is 8.45. The minimum Gasteiger partial charge on any atom is -0.468 e. The van der Waals surface area contributed by atoms with Crippen LogP contribution in [0.2, 0.25) is 0 Å². The molecule has 0 aromatic heterocycles. The van der Waals surface area contributed by atoms with Gasteiger partial charge in [-0.1, -0.05) is 13.8 Å². The van der Waals surface area contributed by atoms with Crippen molar-refractivity contribution in [1.29, 1.82) is 0 Å². The topological polar surface area (TPSA) is 75.7 Å². The Morgan fingerprint density at radius 2 is 1.94 bits per heavy atom. The van der Waals surface area contributed by atoms with Gasteiger partial charge >= 0.3 is 5.97 Å². The Morgan fingerprint density at radius 1 is 1.39 bits per heavy atom. The van der Waals surface area contributed by atoms with Crippen LogP contribution in [0.5, 0.6) is 0 Å². The van der Waals surface area contributed by atoms with E-state index in [9.17, 15) is 14.4 Å². The number of carbonyl (C=O) groups excluding carboxylic acids is 3. The second-order valence-corrected chi connectivity index (χ2v) is 5.13. The highest BCUT2D eigenvalue weighted by Gasteiger charge is 2.59. The summed E-state index contributed by atoms with van der Waals surface area (Å²) in [6.45, 7) is 3.84. The summed E-state index contributed by atoms with van der Waals surface area (Å²) in [7, 11) is 1.29. The van der Waals surface area contributed by atoms with Gasteiger partial charge in [-0.25, -0.2) is 0 Å². The van der Waals surface area contributed by atoms with Crippen LogP contribution in [0.25, 0.3) is 0 Å². The molecule has 0 aromatic carbocycles. The molecule has 3 unspecified atom stereocenters. The second-order valence-electron chi connectivity index (χ2n) is 5.13. The Labute approximate surface area is 106 Å². The van der Waals surface area contributed by atoms with Gasteiger partial charge in [0, 0.05) is 6.04 Å². The van der Waals surface area contributed by atoms with Gasteiger partial charge < -0.3 is 10.1 Å². The monoisotopic (exact) mass is 254 g/mol. The molecule has 1 N–H and O–H groups in total. The number of methoxy groups -OCH3 is 1. The largest absolute Gasteiger partial charge is 0.468 e. The van der Waals surface area contributed by atoms with Crippen molar-refractivity contribution in [1.82, 2.24) is 10.2 Å². The van der Waals surface area contributed by atoms with E-state index in [1.54, 1.807) is 0 Å². The Morgan fingerprint density at radius 3 is 2.39 bits per heavy atom. The molecule has 2 amide bonds. The fraction of sp³-hybridized carbons (Fsp3) is 0.750. The molecule has 2 fully saturated rings. The molecule has 18 heavy (non-hydrogen) atoms. The van der Waals surface area contributed by atoms with E-state index in [1.165, 1.54) is 12.0 Å². The van der Waals surface area contributed by atoms with Gasteiger partial charge in [0.1, 0.15) is 6.04 Å². The van der Waals surface area contributed by atoms with Gasteiger partial charge in [0.05, 0.1) is 25.5 Å². The molecule has 1 aliphatic heterocycles. The highest BCUT2D eigenvalue weighted by molar-refractivity contribution is 6.09. The van der Waals surface area contributed by atoms with Crippen molar-refractivity contribution in [2.75, 3.05) is 13.7 Å². The Kier molecular flexibility index (Phi) is 3.38. The molecule has 1 heterocycles. The van der Waals surface area contributed by atoms with E-state index in [0.29, 0.717) is 6.42 Å². The van der Waals surface area contributed by atoms with Crippen molar-refractivity contribution in [3.8, 4) is 0 Å². The zero-order chi connectivity index (χ0) is 13.4. The van der Waals surface area contributed by atoms with Gasteiger partial charge in [-0.15, -0.1) is 0 Å². The molecule has 1 saturated carbocycles. The molecule has 0 aromatic rings. The van der Waals surface area contributed by atoms with E-state index >= 15 is 0 Å².